The summed E-state index contributed by atoms with van der Waals surface area (Å²) >= 11 is 3.64. The third-order valence-electron chi connectivity index (χ3n) is 5.63. The Morgan fingerprint density at radius 3 is 2.66 bits per heavy atom. The van der Waals surface area contributed by atoms with Gasteiger partial charge in [-0.15, -0.1) is 0 Å². The topological polar surface area (TPSA) is 62.6 Å². The molecule has 0 aliphatic heterocycles. The van der Waals surface area contributed by atoms with Crippen LogP contribution in [0, 0.1) is 0 Å². The van der Waals surface area contributed by atoms with Gasteiger partial charge < -0.3 is 14.2 Å². The quantitative estimate of drug-likeness (QED) is 0.354. The number of ether oxygens (including phenoxy) is 3. The molecule has 1 heterocycles. The van der Waals surface area contributed by atoms with Crippen molar-refractivity contribution >= 4 is 21.9 Å². The predicted molar refractivity (Wildman–Crippen MR) is 126 cm³/mol. The Morgan fingerprint density at radius 2 is 1.97 bits per heavy atom. The summed E-state index contributed by atoms with van der Waals surface area (Å²) in [5.74, 6) is 0.460. The predicted octanol–water partition coefficient (Wildman–Crippen LogP) is 5.70. The summed E-state index contributed by atoms with van der Waals surface area (Å²) in [5, 5.41) is 4.81. The van der Waals surface area contributed by atoms with Gasteiger partial charge in [0.25, 0.3) is 0 Å². The fraction of sp³-hybridized carbons (Fsp3) is 0.360. The SMILES string of the molecule is CC[C@@](C)(OCc1cc(-c2cccc(OC3CC3)c2)n(-c2ccccc2Br)n1)C(=O)OC. The first-order chi connectivity index (χ1) is 15.4. The number of aromatic nitrogens is 2. The number of hydrogen-bond acceptors (Lipinski definition) is 5. The monoisotopic (exact) mass is 498 g/mol. The third kappa shape index (κ3) is 4.89. The molecule has 1 saturated carbocycles. The summed E-state index contributed by atoms with van der Waals surface area (Å²) in [4.78, 5) is 12.2. The average molecular weight is 499 g/mol. The van der Waals surface area contributed by atoms with Gasteiger partial charge in [-0.3, -0.25) is 0 Å². The molecule has 0 amide bonds. The van der Waals surface area contributed by atoms with E-state index >= 15 is 0 Å². The van der Waals surface area contributed by atoms with Gasteiger partial charge >= 0.3 is 5.97 Å². The maximum absolute atomic E-state index is 12.2. The van der Waals surface area contributed by atoms with Gasteiger partial charge in [0.15, 0.2) is 5.60 Å². The van der Waals surface area contributed by atoms with Gasteiger partial charge in [-0.25, -0.2) is 9.48 Å². The van der Waals surface area contributed by atoms with Gasteiger partial charge in [-0.1, -0.05) is 31.2 Å². The normalized spacial score (nSPS) is 15.2. The molecule has 0 spiro atoms. The van der Waals surface area contributed by atoms with E-state index in [1.807, 2.05) is 66.2 Å². The fourth-order valence-electron chi connectivity index (χ4n) is 3.37. The first-order valence-electron chi connectivity index (χ1n) is 10.8. The van der Waals surface area contributed by atoms with Crippen LogP contribution in [0.1, 0.15) is 38.8 Å². The molecule has 1 aliphatic carbocycles. The minimum absolute atomic E-state index is 0.183. The number of para-hydroxylation sites is 1. The fourth-order valence-corrected chi connectivity index (χ4v) is 3.83. The van der Waals surface area contributed by atoms with Crippen LogP contribution >= 0.6 is 15.9 Å². The Kier molecular flexibility index (Phi) is 6.67. The van der Waals surface area contributed by atoms with Crippen LogP contribution in [0.3, 0.4) is 0 Å². The number of carbonyl (C=O) groups excluding carboxylic acids is 1. The molecule has 1 aliphatic rings. The molecule has 4 rings (SSSR count). The average Bonchev–Trinajstić information content (AvgIpc) is 3.52. The van der Waals surface area contributed by atoms with Crippen LogP contribution in [-0.2, 0) is 20.9 Å². The van der Waals surface area contributed by atoms with Crippen molar-refractivity contribution in [2.75, 3.05) is 7.11 Å². The molecule has 0 radical (unpaired) electrons. The molecular weight excluding hydrogens is 472 g/mol. The number of halogens is 1. The van der Waals surface area contributed by atoms with Gasteiger partial charge in [-0.2, -0.15) is 5.10 Å². The van der Waals surface area contributed by atoms with Crippen LogP contribution < -0.4 is 4.74 Å². The van der Waals surface area contributed by atoms with Gasteiger partial charge in [0.05, 0.1) is 36.9 Å². The second kappa shape index (κ2) is 9.46. The molecule has 0 N–H and O–H groups in total. The Morgan fingerprint density at radius 1 is 1.19 bits per heavy atom. The van der Waals surface area contributed by atoms with Gasteiger partial charge in [0.2, 0.25) is 0 Å². The van der Waals surface area contributed by atoms with E-state index in [1.54, 1.807) is 6.92 Å². The number of benzene rings is 2. The molecule has 0 unspecified atom stereocenters. The highest BCUT2D eigenvalue weighted by atomic mass is 79.9. The Bertz CT molecular complexity index is 1110. The van der Waals surface area contributed by atoms with Crippen molar-refractivity contribution in [1.29, 1.82) is 0 Å². The van der Waals surface area contributed by atoms with E-state index in [0.717, 1.165) is 40.0 Å². The molecule has 6 nitrogen and oxygen atoms in total. The zero-order chi connectivity index (χ0) is 22.7. The first kappa shape index (κ1) is 22.6. The molecule has 1 atom stereocenters. The molecular formula is C25H27BrN2O4. The van der Waals surface area contributed by atoms with E-state index in [9.17, 15) is 4.79 Å². The molecule has 1 fully saturated rings. The number of methoxy groups -OCH3 is 1. The molecule has 0 saturated heterocycles. The summed E-state index contributed by atoms with van der Waals surface area (Å²) in [6.07, 6.45) is 3.04. The molecule has 2 aromatic carbocycles. The van der Waals surface area contributed by atoms with Crippen LogP contribution in [0.2, 0.25) is 0 Å². The van der Waals surface area contributed by atoms with Gasteiger partial charge in [-0.05, 0) is 72.4 Å². The summed E-state index contributed by atoms with van der Waals surface area (Å²) < 4.78 is 19.7. The summed E-state index contributed by atoms with van der Waals surface area (Å²) in [6, 6.07) is 18.0. The minimum atomic E-state index is -1.02. The summed E-state index contributed by atoms with van der Waals surface area (Å²) in [7, 11) is 1.37. The highest BCUT2D eigenvalue weighted by Crippen LogP contribution is 2.33. The van der Waals surface area contributed by atoms with Gasteiger partial charge in [0, 0.05) is 10.0 Å². The Balaban J connectivity index is 1.69. The molecule has 1 aromatic heterocycles. The van der Waals surface area contributed by atoms with Crippen molar-refractivity contribution < 1.29 is 19.0 Å². The number of rotatable bonds is 9. The van der Waals surface area contributed by atoms with Gasteiger partial charge in [0.1, 0.15) is 5.75 Å². The highest BCUT2D eigenvalue weighted by Gasteiger charge is 2.34. The van der Waals surface area contributed by atoms with Crippen molar-refractivity contribution in [3.8, 4) is 22.7 Å². The van der Waals surface area contributed by atoms with Crippen LogP contribution in [0.4, 0.5) is 0 Å². The molecule has 168 valence electrons. The van der Waals surface area contributed by atoms with Crippen molar-refractivity contribution in [2.45, 2.75) is 51.4 Å². The first-order valence-corrected chi connectivity index (χ1v) is 11.6. The lowest BCUT2D eigenvalue weighted by Crippen LogP contribution is -2.38. The maximum atomic E-state index is 12.2. The van der Waals surface area contributed by atoms with Crippen molar-refractivity contribution in [3.05, 3.63) is 64.8 Å². The van der Waals surface area contributed by atoms with E-state index in [2.05, 4.69) is 15.9 Å². The van der Waals surface area contributed by atoms with Crippen molar-refractivity contribution in [1.82, 2.24) is 9.78 Å². The number of nitrogens with zero attached hydrogens (tertiary/aromatic N) is 2. The van der Waals surface area contributed by atoms with Crippen LogP contribution in [0.15, 0.2) is 59.1 Å². The second-order valence-electron chi connectivity index (χ2n) is 8.09. The Hall–Kier alpha value is -2.64. The van der Waals surface area contributed by atoms with E-state index < -0.39 is 11.6 Å². The zero-order valence-corrected chi connectivity index (χ0v) is 20.1. The smallest absolute Gasteiger partial charge is 0.337 e. The van der Waals surface area contributed by atoms with Crippen molar-refractivity contribution in [2.24, 2.45) is 0 Å². The molecule has 0 bridgehead atoms. The third-order valence-corrected chi connectivity index (χ3v) is 6.30. The second-order valence-corrected chi connectivity index (χ2v) is 8.95. The van der Waals surface area contributed by atoms with E-state index in [4.69, 9.17) is 19.3 Å². The van der Waals surface area contributed by atoms with E-state index in [1.165, 1.54) is 7.11 Å². The lowest BCUT2D eigenvalue weighted by molar-refractivity contribution is -0.169. The number of esters is 1. The molecule has 7 heteroatoms. The van der Waals surface area contributed by atoms with Crippen molar-refractivity contribution in [3.63, 3.8) is 0 Å². The summed E-state index contributed by atoms with van der Waals surface area (Å²) in [6.45, 7) is 3.82. The number of carbonyl (C=O) groups is 1. The number of hydrogen-bond donors (Lipinski definition) is 0. The largest absolute Gasteiger partial charge is 0.490 e. The van der Waals surface area contributed by atoms with Crippen LogP contribution in [-0.4, -0.2) is 34.6 Å². The van der Waals surface area contributed by atoms with Crippen LogP contribution in [0.25, 0.3) is 16.9 Å². The summed E-state index contributed by atoms with van der Waals surface area (Å²) in [5.41, 5.74) is 2.50. The molecule has 32 heavy (non-hydrogen) atoms. The highest BCUT2D eigenvalue weighted by molar-refractivity contribution is 9.10. The zero-order valence-electron chi connectivity index (χ0n) is 18.5. The standard InChI is InChI=1S/C25H27BrN2O4/c1-4-25(2,24(29)30-3)31-16-18-15-23(28(27-18)22-11-6-5-10-21(22)26)17-8-7-9-20(14-17)32-19-12-13-19/h5-11,14-15,19H,4,12-13,16H2,1-3H3/t25-/m1/s1. The maximum Gasteiger partial charge on any atom is 0.337 e. The van der Waals surface area contributed by atoms with E-state index in [0.29, 0.717) is 18.2 Å². The molecule has 3 aromatic rings. The lowest BCUT2D eigenvalue weighted by Gasteiger charge is -2.24. The minimum Gasteiger partial charge on any atom is -0.490 e. The van der Waals surface area contributed by atoms with Crippen LogP contribution in [0.5, 0.6) is 5.75 Å². The van der Waals surface area contributed by atoms with E-state index in [-0.39, 0.29) is 6.61 Å². The lowest BCUT2D eigenvalue weighted by atomic mass is 10.0. The Labute approximate surface area is 196 Å².